The number of rotatable bonds is 4. The normalized spacial score (nSPS) is 10.3. The number of ether oxygens (including phenoxy) is 1. The van der Waals surface area contributed by atoms with Crippen molar-refractivity contribution >= 4 is 17.3 Å². The molecule has 2 aromatic rings. The quantitative estimate of drug-likeness (QED) is 0.790. The lowest BCUT2D eigenvalue weighted by atomic mass is 10.2. The Labute approximate surface area is 118 Å². The molecule has 0 radical (unpaired) electrons. The molecule has 1 aromatic carbocycles. The van der Waals surface area contributed by atoms with Gasteiger partial charge in [0, 0.05) is 43.5 Å². The number of anilines is 1. The zero-order valence-corrected chi connectivity index (χ0v) is 12.1. The van der Waals surface area contributed by atoms with Gasteiger partial charge in [-0.05, 0) is 30.7 Å². The summed E-state index contributed by atoms with van der Waals surface area (Å²) in [6, 6.07) is 9.89. The van der Waals surface area contributed by atoms with Crippen molar-refractivity contribution in [3.05, 3.63) is 47.7 Å². The number of hydrogen-bond acceptors (Lipinski definition) is 3. The molecule has 4 heteroatoms. The highest BCUT2D eigenvalue weighted by molar-refractivity contribution is 6.17. The van der Waals surface area contributed by atoms with Crippen molar-refractivity contribution in [1.29, 1.82) is 0 Å². The number of aryl methyl sites for hydroxylation is 1. The van der Waals surface area contributed by atoms with Crippen LogP contribution in [0.5, 0.6) is 11.6 Å². The Morgan fingerprint density at radius 1 is 1.26 bits per heavy atom. The maximum Gasteiger partial charge on any atom is 0.222 e. The fourth-order valence-electron chi connectivity index (χ4n) is 1.74. The number of nitrogens with zero attached hydrogens (tertiary/aromatic N) is 2. The third kappa shape index (κ3) is 3.38. The second kappa shape index (κ2) is 5.93. The van der Waals surface area contributed by atoms with Crippen LogP contribution in [0.3, 0.4) is 0 Å². The zero-order chi connectivity index (χ0) is 13.8. The Morgan fingerprint density at radius 3 is 2.68 bits per heavy atom. The van der Waals surface area contributed by atoms with E-state index in [4.69, 9.17) is 16.3 Å². The molecule has 0 saturated carbocycles. The fourth-order valence-corrected chi connectivity index (χ4v) is 1.88. The molecule has 0 atom stereocenters. The first-order valence-corrected chi connectivity index (χ1v) is 6.60. The molecule has 19 heavy (non-hydrogen) atoms. The molecule has 0 bridgehead atoms. The average Bonchev–Trinajstić information content (AvgIpc) is 2.41. The summed E-state index contributed by atoms with van der Waals surface area (Å²) in [5, 5.41) is 0. The van der Waals surface area contributed by atoms with Gasteiger partial charge in [-0.15, -0.1) is 11.6 Å². The van der Waals surface area contributed by atoms with E-state index in [1.807, 2.05) is 56.3 Å². The predicted molar refractivity (Wildman–Crippen MR) is 79.4 cm³/mol. The third-order valence-corrected chi connectivity index (χ3v) is 3.10. The number of halogens is 1. The first kappa shape index (κ1) is 13.7. The van der Waals surface area contributed by atoms with Crippen LogP contribution in [-0.2, 0) is 5.88 Å². The molecule has 1 aromatic heterocycles. The molecular formula is C15H17ClN2O. The average molecular weight is 277 g/mol. The van der Waals surface area contributed by atoms with Crippen LogP contribution in [0.15, 0.2) is 36.5 Å². The maximum absolute atomic E-state index is 5.82. The molecule has 0 unspecified atom stereocenters. The van der Waals surface area contributed by atoms with Gasteiger partial charge in [0.1, 0.15) is 5.75 Å². The number of alkyl halides is 1. The summed E-state index contributed by atoms with van der Waals surface area (Å²) >= 11 is 5.78. The first-order chi connectivity index (χ1) is 9.10. The molecule has 1 heterocycles. The van der Waals surface area contributed by atoms with Gasteiger partial charge in [0.15, 0.2) is 0 Å². The van der Waals surface area contributed by atoms with Gasteiger partial charge in [0.05, 0.1) is 0 Å². The molecule has 0 amide bonds. The maximum atomic E-state index is 5.82. The number of aromatic nitrogens is 1. The van der Waals surface area contributed by atoms with Gasteiger partial charge >= 0.3 is 0 Å². The van der Waals surface area contributed by atoms with Gasteiger partial charge in [0.25, 0.3) is 0 Å². The lowest BCUT2D eigenvalue weighted by molar-refractivity contribution is 0.458. The summed E-state index contributed by atoms with van der Waals surface area (Å²) in [7, 11) is 4.00. The molecule has 0 fully saturated rings. The van der Waals surface area contributed by atoms with Crippen LogP contribution in [0.25, 0.3) is 0 Å². The van der Waals surface area contributed by atoms with Gasteiger partial charge in [-0.25, -0.2) is 4.98 Å². The van der Waals surface area contributed by atoms with E-state index in [0.29, 0.717) is 11.8 Å². The molecule has 0 aliphatic carbocycles. The Bertz CT molecular complexity index is 570. The van der Waals surface area contributed by atoms with Crippen molar-refractivity contribution in [1.82, 2.24) is 4.98 Å². The van der Waals surface area contributed by atoms with Crippen LogP contribution in [0, 0.1) is 6.92 Å². The van der Waals surface area contributed by atoms with Gasteiger partial charge < -0.3 is 9.64 Å². The highest BCUT2D eigenvalue weighted by atomic mass is 35.5. The SMILES string of the molecule is Cc1cc(CCl)cnc1Oc1cccc(N(C)C)c1. The number of benzene rings is 1. The summed E-state index contributed by atoms with van der Waals surface area (Å²) in [6.07, 6.45) is 1.74. The van der Waals surface area contributed by atoms with E-state index in [1.165, 1.54) is 0 Å². The topological polar surface area (TPSA) is 25.4 Å². The van der Waals surface area contributed by atoms with Gasteiger partial charge in [0.2, 0.25) is 5.88 Å². The van der Waals surface area contributed by atoms with Crippen molar-refractivity contribution in [2.24, 2.45) is 0 Å². The van der Waals surface area contributed by atoms with Crippen LogP contribution >= 0.6 is 11.6 Å². The van der Waals surface area contributed by atoms with Crippen molar-refractivity contribution < 1.29 is 4.74 Å². The molecule has 0 saturated heterocycles. The number of pyridine rings is 1. The molecule has 2 rings (SSSR count). The van der Waals surface area contributed by atoms with Gasteiger partial charge in [-0.1, -0.05) is 6.07 Å². The molecule has 3 nitrogen and oxygen atoms in total. The van der Waals surface area contributed by atoms with Crippen LogP contribution in [-0.4, -0.2) is 19.1 Å². The van der Waals surface area contributed by atoms with Gasteiger partial charge in [-0.3, -0.25) is 0 Å². The standard InChI is InChI=1S/C15H17ClN2O/c1-11-7-12(9-16)10-17-15(11)19-14-6-4-5-13(8-14)18(2)3/h4-8,10H,9H2,1-3H3. The second-order valence-corrected chi connectivity index (χ2v) is 4.86. The predicted octanol–water partition coefficient (Wildman–Crippen LogP) is 3.99. The van der Waals surface area contributed by atoms with Crippen molar-refractivity contribution in [3.63, 3.8) is 0 Å². The summed E-state index contributed by atoms with van der Waals surface area (Å²) in [4.78, 5) is 6.33. The summed E-state index contributed by atoms with van der Waals surface area (Å²) in [6.45, 7) is 1.97. The lowest BCUT2D eigenvalue weighted by Crippen LogP contribution is -2.08. The first-order valence-electron chi connectivity index (χ1n) is 6.07. The van der Waals surface area contributed by atoms with E-state index < -0.39 is 0 Å². The molecular weight excluding hydrogens is 260 g/mol. The monoisotopic (exact) mass is 276 g/mol. The van der Waals surface area contributed by atoms with Crippen LogP contribution in [0.1, 0.15) is 11.1 Å². The fraction of sp³-hybridized carbons (Fsp3) is 0.267. The van der Waals surface area contributed by atoms with E-state index in [0.717, 1.165) is 22.6 Å². The highest BCUT2D eigenvalue weighted by Crippen LogP contribution is 2.26. The lowest BCUT2D eigenvalue weighted by Gasteiger charge is -2.14. The number of hydrogen-bond donors (Lipinski definition) is 0. The minimum Gasteiger partial charge on any atom is -0.439 e. The summed E-state index contributed by atoms with van der Waals surface area (Å²) in [5.74, 6) is 1.86. The van der Waals surface area contributed by atoms with E-state index in [2.05, 4.69) is 4.98 Å². The van der Waals surface area contributed by atoms with Crippen molar-refractivity contribution in [2.45, 2.75) is 12.8 Å². The largest absolute Gasteiger partial charge is 0.439 e. The van der Waals surface area contributed by atoms with E-state index >= 15 is 0 Å². The zero-order valence-electron chi connectivity index (χ0n) is 11.4. The smallest absolute Gasteiger partial charge is 0.222 e. The Balaban J connectivity index is 2.23. The van der Waals surface area contributed by atoms with Gasteiger partial charge in [-0.2, -0.15) is 0 Å². The van der Waals surface area contributed by atoms with Crippen molar-refractivity contribution in [2.75, 3.05) is 19.0 Å². The Morgan fingerprint density at radius 2 is 2.05 bits per heavy atom. The van der Waals surface area contributed by atoms with E-state index in [9.17, 15) is 0 Å². The second-order valence-electron chi connectivity index (χ2n) is 4.59. The van der Waals surface area contributed by atoms with E-state index in [1.54, 1.807) is 6.20 Å². The molecule has 0 aliphatic rings. The Hall–Kier alpha value is -1.74. The van der Waals surface area contributed by atoms with Crippen LogP contribution < -0.4 is 9.64 Å². The minimum absolute atomic E-state index is 0.463. The minimum atomic E-state index is 0.463. The van der Waals surface area contributed by atoms with E-state index in [-0.39, 0.29) is 0 Å². The van der Waals surface area contributed by atoms with Crippen molar-refractivity contribution in [3.8, 4) is 11.6 Å². The molecule has 100 valence electrons. The summed E-state index contributed by atoms with van der Waals surface area (Å²) < 4.78 is 5.82. The van der Waals surface area contributed by atoms with Crippen LogP contribution in [0.4, 0.5) is 5.69 Å². The highest BCUT2D eigenvalue weighted by Gasteiger charge is 2.05. The summed E-state index contributed by atoms with van der Waals surface area (Å²) in [5.41, 5.74) is 3.06. The van der Waals surface area contributed by atoms with Crippen LogP contribution in [0.2, 0.25) is 0 Å². The molecule has 0 spiro atoms. The third-order valence-electron chi connectivity index (χ3n) is 2.79. The molecule has 0 aliphatic heterocycles. The molecule has 0 N–H and O–H groups in total. The Kier molecular flexibility index (Phi) is 4.27.